The number of halogens is 1. The molecule has 0 radical (unpaired) electrons. The van der Waals surface area contributed by atoms with Crippen LogP contribution in [0.15, 0.2) is 46.9 Å². The molecule has 0 fully saturated rings. The second kappa shape index (κ2) is 9.73. The molecule has 1 aliphatic heterocycles. The monoisotopic (exact) mass is 502 g/mol. The first kappa shape index (κ1) is 23.8. The number of hydrogen-bond acceptors (Lipinski definition) is 5. The lowest BCUT2D eigenvalue weighted by atomic mass is 9.88. The van der Waals surface area contributed by atoms with E-state index in [1.807, 2.05) is 24.3 Å². The third kappa shape index (κ3) is 5.88. The molecule has 3 N–H and O–H groups in total. The van der Waals surface area contributed by atoms with Crippen LogP contribution in [0, 0.1) is 5.92 Å². The summed E-state index contributed by atoms with van der Waals surface area (Å²) >= 11 is 3.44. The van der Waals surface area contributed by atoms with E-state index in [1.165, 1.54) is 0 Å². The van der Waals surface area contributed by atoms with Crippen LogP contribution < -0.4 is 15.8 Å². The van der Waals surface area contributed by atoms with Gasteiger partial charge in [-0.1, -0.05) is 34.1 Å². The number of primary amides is 1. The highest BCUT2D eigenvalue weighted by Gasteiger charge is 2.41. The minimum absolute atomic E-state index is 0.00726. The van der Waals surface area contributed by atoms with Gasteiger partial charge in [0.2, 0.25) is 5.91 Å². The van der Waals surface area contributed by atoms with Crippen molar-refractivity contribution in [2.75, 3.05) is 0 Å². The predicted octanol–water partition coefficient (Wildman–Crippen LogP) is 4.04. The van der Waals surface area contributed by atoms with Gasteiger partial charge in [-0.25, -0.2) is 0 Å². The maximum absolute atomic E-state index is 13.0. The van der Waals surface area contributed by atoms with E-state index in [2.05, 4.69) is 21.2 Å². The maximum atomic E-state index is 13.0. The molecule has 2 atom stereocenters. The fraction of sp³-hybridized carbons (Fsp3) is 0.375. The SMILES string of the molecule is CC(C)(C)OC(=O)C(CCC(N)=O)C1NC(=O)c2cccc(OCc3cccc(Br)c3)c21. The molecule has 0 aromatic heterocycles. The molecule has 2 aromatic rings. The largest absolute Gasteiger partial charge is 0.489 e. The van der Waals surface area contributed by atoms with Crippen molar-refractivity contribution >= 4 is 33.7 Å². The molecule has 1 heterocycles. The van der Waals surface area contributed by atoms with Crippen molar-refractivity contribution < 1.29 is 23.9 Å². The van der Waals surface area contributed by atoms with Crippen LogP contribution in [0.25, 0.3) is 0 Å². The van der Waals surface area contributed by atoms with E-state index < -0.39 is 29.4 Å². The van der Waals surface area contributed by atoms with Crippen molar-refractivity contribution in [2.45, 2.75) is 51.9 Å². The number of benzene rings is 2. The van der Waals surface area contributed by atoms with Crippen LogP contribution >= 0.6 is 15.9 Å². The molecule has 0 saturated heterocycles. The summed E-state index contributed by atoms with van der Waals surface area (Å²) in [5, 5.41) is 2.88. The first-order valence-corrected chi connectivity index (χ1v) is 11.2. The topological polar surface area (TPSA) is 108 Å². The van der Waals surface area contributed by atoms with E-state index in [0.717, 1.165) is 10.0 Å². The molecule has 2 amide bonds. The van der Waals surface area contributed by atoms with Crippen molar-refractivity contribution in [1.29, 1.82) is 0 Å². The van der Waals surface area contributed by atoms with Crippen LogP contribution in [0.5, 0.6) is 5.75 Å². The lowest BCUT2D eigenvalue weighted by Crippen LogP contribution is -2.36. The predicted molar refractivity (Wildman–Crippen MR) is 123 cm³/mol. The van der Waals surface area contributed by atoms with Crippen LogP contribution in [0.3, 0.4) is 0 Å². The van der Waals surface area contributed by atoms with Gasteiger partial charge in [0.1, 0.15) is 18.0 Å². The van der Waals surface area contributed by atoms with Gasteiger partial charge in [0, 0.05) is 22.0 Å². The molecule has 0 saturated carbocycles. The summed E-state index contributed by atoms with van der Waals surface area (Å²) in [6, 6.07) is 12.2. The number of rotatable bonds is 8. The van der Waals surface area contributed by atoms with Gasteiger partial charge < -0.3 is 20.5 Å². The Morgan fingerprint density at radius 3 is 2.56 bits per heavy atom. The van der Waals surface area contributed by atoms with Gasteiger partial charge in [0.05, 0.1) is 12.0 Å². The Kier molecular flexibility index (Phi) is 7.23. The van der Waals surface area contributed by atoms with Gasteiger partial charge in [0.25, 0.3) is 5.91 Å². The first-order valence-electron chi connectivity index (χ1n) is 10.4. The normalized spacial score (nSPS) is 16.1. The average molecular weight is 503 g/mol. The molecule has 8 heteroatoms. The third-order valence-electron chi connectivity index (χ3n) is 5.01. The van der Waals surface area contributed by atoms with Crippen LogP contribution in [0.2, 0.25) is 0 Å². The Morgan fingerprint density at radius 1 is 1.19 bits per heavy atom. The van der Waals surface area contributed by atoms with Crippen LogP contribution in [0.4, 0.5) is 0 Å². The van der Waals surface area contributed by atoms with E-state index in [-0.39, 0.29) is 25.4 Å². The third-order valence-corrected chi connectivity index (χ3v) is 5.50. The maximum Gasteiger partial charge on any atom is 0.311 e. The summed E-state index contributed by atoms with van der Waals surface area (Å²) < 4.78 is 12.6. The Morgan fingerprint density at radius 2 is 1.91 bits per heavy atom. The number of amides is 2. The zero-order chi connectivity index (χ0) is 23.5. The highest BCUT2D eigenvalue weighted by molar-refractivity contribution is 9.10. The fourth-order valence-electron chi connectivity index (χ4n) is 3.67. The summed E-state index contributed by atoms with van der Waals surface area (Å²) in [5.41, 5.74) is 6.60. The number of carbonyl (C=O) groups is 3. The summed E-state index contributed by atoms with van der Waals surface area (Å²) in [6.07, 6.45) is 0.140. The van der Waals surface area contributed by atoms with E-state index in [1.54, 1.807) is 39.0 Å². The second-order valence-electron chi connectivity index (χ2n) is 8.73. The molecule has 32 heavy (non-hydrogen) atoms. The highest BCUT2D eigenvalue weighted by atomic mass is 79.9. The average Bonchev–Trinajstić information content (AvgIpc) is 3.02. The molecule has 0 bridgehead atoms. The van der Waals surface area contributed by atoms with E-state index >= 15 is 0 Å². The molecular weight excluding hydrogens is 476 g/mol. The van der Waals surface area contributed by atoms with Gasteiger partial charge >= 0.3 is 5.97 Å². The standard InChI is InChI=1S/C24H27BrN2O5/c1-24(2,3)32-23(30)17(10-11-19(26)28)21-20-16(22(29)27-21)8-5-9-18(20)31-13-14-6-4-7-15(25)12-14/h4-9,12,17,21H,10-11,13H2,1-3H3,(H2,26,28)(H,27,29). The molecule has 7 nitrogen and oxygen atoms in total. The van der Waals surface area contributed by atoms with Gasteiger partial charge in [-0.3, -0.25) is 14.4 Å². The molecule has 170 valence electrons. The van der Waals surface area contributed by atoms with E-state index in [0.29, 0.717) is 16.9 Å². The Bertz CT molecular complexity index is 1030. The van der Waals surface area contributed by atoms with Gasteiger partial charge in [-0.2, -0.15) is 0 Å². The van der Waals surface area contributed by atoms with Gasteiger partial charge in [-0.05, 0) is 57.0 Å². The highest BCUT2D eigenvalue weighted by Crippen LogP contribution is 2.40. The number of ether oxygens (including phenoxy) is 2. The molecule has 2 aromatic carbocycles. The van der Waals surface area contributed by atoms with Crippen molar-refractivity contribution in [1.82, 2.24) is 5.32 Å². The summed E-state index contributed by atoms with van der Waals surface area (Å²) in [4.78, 5) is 37.2. The molecular formula is C24H27BrN2O5. The quantitative estimate of drug-likeness (QED) is 0.529. The first-order chi connectivity index (χ1) is 15.0. The summed E-state index contributed by atoms with van der Waals surface area (Å²) in [5.74, 6) is -1.62. The number of esters is 1. The van der Waals surface area contributed by atoms with E-state index in [4.69, 9.17) is 15.2 Å². The van der Waals surface area contributed by atoms with E-state index in [9.17, 15) is 14.4 Å². The molecule has 1 aliphatic rings. The summed E-state index contributed by atoms with van der Waals surface area (Å²) in [7, 11) is 0. The lowest BCUT2D eigenvalue weighted by Gasteiger charge is -2.28. The Hall–Kier alpha value is -2.87. The Labute approximate surface area is 195 Å². The molecule has 0 spiro atoms. The van der Waals surface area contributed by atoms with Crippen molar-refractivity contribution in [2.24, 2.45) is 11.7 Å². The smallest absolute Gasteiger partial charge is 0.311 e. The van der Waals surface area contributed by atoms with Crippen molar-refractivity contribution in [3.8, 4) is 5.75 Å². The second-order valence-corrected chi connectivity index (χ2v) is 9.65. The van der Waals surface area contributed by atoms with Crippen LogP contribution in [-0.4, -0.2) is 23.4 Å². The molecule has 3 rings (SSSR count). The number of nitrogens with two attached hydrogens (primary N) is 1. The zero-order valence-corrected chi connectivity index (χ0v) is 19.9. The Balaban J connectivity index is 1.93. The fourth-order valence-corrected chi connectivity index (χ4v) is 4.11. The van der Waals surface area contributed by atoms with Crippen molar-refractivity contribution in [3.63, 3.8) is 0 Å². The zero-order valence-electron chi connectivity index (χ0n) is 18.3. The number of carbonyl (C=O) groups excluding carboxylic acids is 3. The number of fused-ring (bicyclic) bond motifs is 1. The summed E-state index contributed by atoms with van der Waals surface area (Å²) in [6.45, 7) is 5.59. The van der Waals surface area contributed by atoms with Crippen LogP contribution in [0.1, 0.15) is 61.1 Å². The lowest BCUT2D eigenvalue weighted by molar-refractivity contribution is -0.161. The van der Waals surface area contributed by atoms with Crippen molar-refractivity contribution in [3.05, 3.63) is 63.6 Å². The minimum Gasteiger partial charge on any atom is -0.489 e. The van der Waals surface area contributed by atoms with Gasteiger partial charge in [-0.15, -0.1) is 0 Å². The van der Waals surface area contributed by atoms with Gasteiger partial charge in [0.15, 0.2) is 0 Å². The molecule has 0 aliphatic carbocycles. The molecule has 2 unspecified atom stereocenters. The number of hydrogen-bond donors (Lipinski definition) is 2. The number of nitrogens with one attached hydrogen (secondary N) is 1. The minimum atomic E-state index is -0.789. The van der Waals surface area contributed by atoms with Crippen LogP contribution in [-0.2, 0) is 20.9 Å².